The monoisotopic (exact) mass is 221 g/mol. The zero-order valence-corrected chi connectivity index (χ0v) is 10.0. The molecule has 1 rings (SSSR count). The van der Waals surface area contributed by atoms with Gasteiger partial charge in [0.1, 0.15) is 0 Å². The Labute approximate surface area is 96.4 Å². The van der Waals surface area contributed by atoms with Gasteiger partial charge in [0.2, 0.25) is 0 Å². The number of nitrogens with zero attached hydrogens (tertiary/aromatic N) is 1. The molecule has 4 heteroatoms. The van der Waals surface area contributed by atoms with Crippen molar-refractivity contribution in [3.8, 4) is 0 Å². The van der Waals surface area contributed by atoms with Crippen molar-refractivity contribution in [1.29, 1.82) is 0 Å². The number of benzene rings is 1. The number of anilines is 1. The fourth-order valence-corrected chi connectivity index (χ4v) is 1.28. The highest BCUT2D eigenvalue weighted by atomic mass is 16.1. The van der Waals surface area contributed by atoms with E-state index in [1.165, 1.54) is 0 Å². The number of nitrogens with two attached hydrogens (primary N) is 1. The molecule has 0 bridgehead atoms. The van der Waals surface area contributed by atoms with Crippen molar-refractivity contribution in [2.75, 3.05) is 25.5 Å². The third-order valence-corrected chi connectivity index (χ3v) is 2.38. The van der Waals surface area contributed by atoms with Crippen LogP contribution in [0.3, 0.4) is 0 Å². The number of hydrogen-bond acceptors (Lipinski definition) is 3. The molecule has 0 heterocycles. The molecule has 16 heavy (non-hydrogen) atoms. The highest BCUT2D eigenvalue weighted by molar-refractivity contribution is 5.94. The smallest absolute Gasteiger partial charge is 0.251 e. The molecule has 1 aromatic rings. The highest BCUT2D eigenvalue weighted by Crippen LogP contribution is 2.12. The fraction of sp³-hybridized carbons (Fsp3) is 0.417. The molecule has 0 saturated carbocycles. The van der Waals surface area contributed by atoms with Gasteiger partial charge in [-0.15, -0.1) is 0 Å². The molecule has 0 aliphatic heterocycles. The maximum atomic E-state index is 11.7. The lowest BCUT2D eigenvalue weighted by molar-refractivity contribution is 0.0941. The number of hydrogen-bond donors (Lipinski definition) is 2. The van der Waals surface area contributed by atoms with Crippen LogP contribution in [0.5, 0.6) is 0 Å². The zero-order chi connectivity index (χ0) is 12.1. The first-order chi connectivity index (χ1) is 7.54. The molecule has 0 fully saturated rings. The molecule has 3 N–H and O–H groups in total. The van der Waals surface area contributed by atoms with Crippen LogP contribution in [0.15, 0.2) is 24.3 Å². The van der Waals surface area contributed by atoms with Gasteiger partial charge in [0.15, 0.2) is 0 Å². The molecular formula is C12H19N3O. The minimum absolute atomic E-state index is 0.000949. The van der Waals surface area contributed by atoms with Crippen LogP contribution in [0.25, 0.3) is 0 Å². The first-order valence-corrected chi connectivity index (χ1v) is 5.33. The summed E-state index contributed by atoms with van der Waals surface area (Å²) in [5.74, 6) is -0.0803. The fourth-order valence-electron chi connectivity index (χ4n) is 1.28. The van der Waals surface area contributed by atoms with E-state index in [0.29, 0.717) is 12.1 Å². The second-order valence-corrected chi connectivity index (χ2v) is 4.05. The van der Waals surface area contributed by atoms with Gasteiger partial charge in [-0.1, -0.05) is 0 Å². The third kappa shape index (κ3) is 3.24. The lowest BCUT2D eigenvalue weighted by Gasteiger charge is -2.14. The van der Waals surface area contributed by atoms with Crippen molar-refractivity contribution in [3.63, 3.8) is 0 Å². The average molecular weight is 221 g/mol. The van der Waals surface area contributed by atoms with E-state index < -0.39 is 0 Å². The molecule has 1 atom stereocenters. The van der Waals surface area contributed by atoms with E-state index in [9.17, 15) is 4.79 Å². The molecular weight excluding hydrogens is 202 g/mol. The summed E-state index contributed by atoms with van der Waals surface area (Å²) in [6.07, 6.45) is 0. The lowest BCUT2D eigenvalue weighted by atomic mass is 10.1. The Kier molecular flexibility index (Phi) is 4.31. The summed E-state index contributed by atoms with van der Waals surface area (Å²) in [6.45, 7) is 2.33. The van der Waals surface area contributed by atoms with Crippen molar-refractivity contribution in [2.24, 2.45) is 5.73 Å². The summed E-state index contributed by atoms with van der Waals surface area (Å²) in [4.78, 5) is 13.7. The molecule has 0 aliphatic carbocycles. The molecule has 1 unspecified atom stereocenters. The normalized spacial score (nSPS) is 12.0. The summed E-state index contributed by atoms with van der Waals surface area (Å²) in [7, 11) is 3.93. The molecule has 1 amide bonds. The van der Waals surface area contributed by atoms with Crippen LogP contribution in [0.2, 0.25) is 0 Å². The molecule has 88 valence electrons. The van der Waals surface area contributed by atoms with Gasteiger partial charge in [-0.3, -0.25) is 4.79 Å². The van der Waals surface area contributed by atoms with E-state index in [-0.39, 0.29) is 11.9 Å². The minimum Gasteiger partial charge on any atom is -0.378 e. The number of carbonyl (C=O) groups excluding carboxylic acids is 1. The number of rotatable bonds is 4. The minimum atomic E-state index is -0.0803. The standard InChI is InChI=1S/C12H19N3O/c1-9(8-13)14-12(16)10-4-6-11(7-5-10)15(2)3/h4-7,9H,8,13H2,1-3H3,(H,14,16). The summed E-state index contributed by atoms with van der Waals surface area (Å²) >= 11 is 0. The Morgan fingerprint density at radius 2 is 1.94 bits per heavy atom. The maximum absolute atomic E-state index is 11.7. The summed E-state index contributed by atoms with van der Waals surface area (Å²) in [5.41, 5.74) is 7.17. The van der Waals surface area contributed by atoms with Crippen LogP contribution in [0.1, 0.15) is 17.3 Å². The maximum Gasteiger partial charge on any atom is 0.251 e. The van der Waals surface area contributed by atoms with Gasteiger partial charge in [0.05, 0.1) is 0 Å². The van der Waals surface area contributed by atoms with Crippen LogP contribution in [-0.4, -0.2) is 32.6 Å². The summed E-state index contributed by atoms with van der Waals surface area (Å²) in [6, 6.07) is 7.47. The second-order valence-electron chi connectivity index (χ2n) is 4.05. The Hall–Kier alpha value is -1.55. The average Bonchev–Trinajstić information content (AvgIpc) is 2.28. The van der Waals surface area contributed by atoms with E-state index in [1.54, 1.807) is 0 Å². The van der Waals surface area contributed by atoms with E-state index in [0.717, 1.165) is 5.69 Å². The Bertz CT molecular complexity index is 346. The summed E-state index contributed by atoms with van der Waals surface area (Å²) < 4.78 is 0. The quantitative estimate of drug-likeness (QED) is 0.791. The van der Waals surface area contributed by atoms with Crippen molar-refractivity contribution in [3.05, 3.63) is 29.8 Å². The first kappa shape index (κ1) is 12.5. The number of amides is 1. The SMILES string of the molecule is CC(CN)NC(=O)c1ccc(N(C)C)cc1. The van der Waals surface area contributed by atoms with Gasteiger partial charge in [-0.25, -0.2) is 0 Å². The van der Waals surface area contributed by atoms with E-state index in [2.05, 4.69) is 5.32 Å². The Balaban J connectivity index is 2.70. The molecule has 1 aromatic carbocycles. The van der Waals surface area contributed by atoms with Crippen molar-refractivity contribution < 1.29 is 4.79 Å². The van der Waals surface area contributed by atoms with Gasteiger partial charge in [-0.2, -0.15) is 0 Å². The van der Waals surface area contributed by atoms with Crippen molar-refractivity contribution >= 4 is 11.6 Å². The molecule has 0 spiro atoms. The van der Waals surface area contributed by atoms with Crippen molar-refractivity contribution in [2.45, 2.75) is 13.0 Å². The molecule has 0 radical (unpaired) electrons. The topological polar surface area (TPSA) is 58.4 Å². The second kappa shape index (κ2) is 5.51. The van der Waals surface area contributed by atoms with E-state index >= 15 is 0 Å². The van der Waals surface area contributed by atoms with Gasteiger partial charge in [-0.05, 0) is 31.2 Å². The van der Waals surface area contributed by atoms with Gasteiger partial charge in [0.25, 0.3) is 5.91 Å². The largest absolute Gasteiger partial charge is 0.378 e. The first-order valence-electron chi connectivity index (χ1n) is 5.33. The van der Waals surface area contributed by atoms with Crippen LogP contribution in [0.4, 0.5) is 5.69 Å². The van der Waals surface area contributed by atoms with E-state index in [1.807, 2.05) is 50.2 Å². The molecule has 0 saturated heterocycles. The molecule has 0 aromatic heterocycles. The van der Waals surface area contributed by atoms with Gasteiger partial charge < -0.3 is 16.0 Å². The van der Waals surface area contributed by atoms with Crippen molar-refractivity contribution in [1.82, 2.24) is 5.32 Å². The van der Waals surface area contributed by atoms with Gasteiger partial charge in [0, 0.05) is 37.9 Å². The third-order valence-electron chi connectivity index (χ3n) is 2.38. The predicted octanol–water partition coefficient (Wildman–Crippen LogP) is 0.830. The zero-order valence-electron chi connectivity index (χ0n) is 10.0. The van der Waals surface area contributed by atoms with Crippen LogP contribution < -0.4 is 16.0 Å². The van der Waals surface area contributed by atoms with Crippen LogP contribution >= 0.6 is 0 Å². The Morgan fingerprint density at radius 3 is 2.38 bits per heavy atom. The number of nitrogens with one attached hydrogen (secondary N) is 1. The van der Waals surface area contributed by atoms with Crippen LogP contribution in [-0.2, 0) is 0 Å². The van der Waals surface area contributed by atoms with Gasteiger partial charge >= 0.3 is 0 Å². The highest BCUT2D eigenvalue weighted by Gasteiger charge is 2.08. The number of carbonyl (C=O) groups is 1. The molecule has 0 aliphatic rings. The summed E-state index contributed by atoms with van der Waals surface area (Å²) in [5, 5.41) is 2.82. The lowest BCUT2D eigenvalue weighted by Crippen LogP contribution is -2.37. The predicted molar refractivity (Wildman–Crippen MR) is 66.8 cm³/mol. The van der Waals surface area contributed by atoms with E-state index in [4.69, 9.17) is 5.73 Å². The molecule has 4 nitrogen and oxygen atoms in total. The van der Waals surface area contributed by atoms with Crippen LogP contribution in [0, 0.1) is 0 Å². The Morgan fingerprint density at radius 1 is 1.38 bits per heavy atom.